The predicted octanol–water partition coefficient (Wildman–Crippen LogP) is 13.5. The van der Waals surface area contributed by atoms with Gasteiger partial charge in [-0.05, 0) is 120 Å². The van der Waals surface area contributed by atoms with Crippen molar-refractivity contribution in [2.45, 2.75) is 20.0 Å². The molecule has 0 atom stereocenters. The number of hydrogen-bond donors (Lipinski definition) is 2. The molecule has 492 valence electrons. The van der Waals surface area contributed by atoms with E-state index < -0.39 is 28.8 Å². The number of pyridine rings is 2. The van der Waals surface area contributed by atoms with Crippen molar-refractivity contribution in [3.8, 4) is 11.3 Å². The molecule has 0 saturated carbocycles. The Hall–Kier alpha value is -10.1. The van der Waals surface area contributed by atoms with Crippen LogP contribution in [-0.4, -0.2) is 77.1 Å². The average Bonchev–Trinajstić information content (AvgIpc) is 1.35. The van der Waals surface area contributed by atoms with E-state index in [4.69, 9.17) is 29.1 Å². The Labute approximate surface area is 589 Å². The molecule has 2 N–H and O–H groups in total. The first-order valence-electron chi connectivity index (χ1n) is 31.0. The molecule has 0 radical (unpaired) electrons. The molecule has 0 aliphatic rings. The molecular weight excluding hydrogens is 1410 g/mol. The maximum atomic E-state index is 14.1. The predicted molar refractivity (Wildman–Crippen MR) is 396 cm³/mol. The summed E-state index contributed by atoms with van der Waals surface area (Å²) in [5.74, 6) is -0.940. The van der Waals surface area contributed by atoms with E-state index in [1.807, 2.05) is 49.4 Å². The van der Waals surface area contributed by atoms with Crippen LogP contribution in [0, 0.1) is 18.6 Å². The molecule has 16 aromatic rings. The number of aromatic nitrogens is 12. The quantitative estimate of drug-likeness (QED) is 0.0875. The van der Waals surface area contributed by atoms with Crippen molar-refractivity contribution in [1.82, 2.24) is 59.9 Å². The van der Waals surface area contributed by atoms with Gasteiger partial charge in [0.1, 0.15) is 11.6 Å². The Morgan fingerprint density at radius 2 is 0.778 bits per heavy atom. The minimum Gasteiger partial charge on any atom is -0.0622 e. The fraction of sp³-hybridized carbons (Fsp3) is 0.0390. The zero-order valence-electron chi connectivity index (χ0n) is 53.0. The van der Waals surface area contributed by atoms with E-state index >= 15 is 0 Å². The Kier molecular flexibility index (Phi) is 25.5. The van der Waals surface area contributed by atoms with Crippen LogP contribution in [0.2, 0.25) is 0 Å². The minimum absolute atomic E-state index is 0.0949. The van der Waals surface area contributed by atoms with Crippen molar-refractivity contribution in [3.05, 3.63) is 344 Å². The zero-order valence-corrected chi connectivity index (χ0v) is 57.9. The second-order valence-electron chi connectivity index (χ2n) is 21.7. The maximum absolute atomic E-state index is 14.1. The van der Waals surface area contributed by atoms with E-state index in [2.05, 4.69) is 251 Å². The molecule has 99 heavy (non-hydrogen) atoms. The monoisotopic (exact) mass is 1470 g/mol. The summed E-state index contributed by atoms with van der Waals surface area (Å²) in [7, 11) is 7.01. The summed E-state index contributed by atoms with van der Waals surface area (Å²) in [6.45, 7) is 3.00. The van der Waals surface area contributed by atoms with Crippen LogP contribution in [0.15, 0.2) is 316 Å². The van der Waals surface area contributed by atoms with Gasteiger partial charge in [0, 0.05) is 34.2 Å². The van der Waals surface area contributed by atoms with E-state index in [9.17, 15) is 8.78 Å². The third-order valence-electron chi connectivity index (χ3n) is 15.0. The van der Waals surface area contributed by atoms with Crippen LogP contribution in [-0.2, 0) is 29.0 Å². The average molecular weight is 1470 g/mol. The van der Waals surface area contributed by atoms with Gasteiger partial charge >= 0.3 is 42.1 Å². The zero-order chi connectivity index (χ0) is 68.6. The van der Waals surface area contributed by atoms with Gasteiger partial charge in [-0.15, -0.1) is 10.2 Å². The topological polar surface area (TPSA) is 179 Å². The largest absolute Gasteiger partial charge is 0.0622 e. The molecule has 0 fully saturated rings. The molecule has 0 spiro atoms. The molecule has 0 aliphatic carbocycles. The number of fused-ring (bicyclic) bond motifs is 4. The Bertz CT molecular complexity index is 4870. The van der Waals surface area contributed by atoms with Crippen LogP contribution < -0.4 is 37.3 Å². The fourth-order valence-corrected chi connectivity index (χ4v) is 15.1. The van der Waals surface area contributed by atoms with Gasteiger partial charge in [0.05, 0.1) is 47.9 Å². The number of nitrogens with zero attached hydrogens (tertiary/aromatic N) is 12. The molecule has 22 heteroatoms. The van der Waals surface area contributed by atoms with Gasteiger partial charge in [-0.3, -0.25) is 9.97 Å². The first-order chi connectivity index (χ1) is 48.6. The summed E-state index contributed by atoms with van der Waals surface area (Å²) >= 11 is -0.106. The molecule has 0 bridgehead atoms. The second kappa shape index (κ2) is 36.0. The number of hydrogen-bond acceptors (Lipinski definition) is 12. The molecule has 6 aromatic heterocycles. The molecule has 16 rings (SSSR count). The summed E-state index contributed by atoms with van der Waals surface area (Å²) in [6.07, 6.45) is 6.78. The van der Waals surface area contributed by atoms with E-state index in [0.29, 0.717) is 46.9 Å². The summed E-state index contributed by atoms with van der Waals surface area (Å²) in [5, 5.41) is 44.0. The molecule has 14 nitrogen and oxygen atoms in total. The summed E-state index contributed by atoms with van der Waals surface area (Å²) in [4.78, 5) is 26.2. The number of benzene rings is 10. The molecule has 0 aliphatic heterocycles. The van der Waals surface area contributed by atoms with E-state index in [-0.39, 0.29) is 27.2 Å². The van der Waals surface area contributed by atoms with Gasteiger partial charge in [-0.1, -0.05) is 247 Å². The standard InChI is InChI=1S/C20H13FN6.2C18H15P.C15H12N6.C6H6BFO2.2ClH.Pd/c21-16-6-2-1-5-15(16)18-11-23-19-20(24-18)27(26-25-19)12-13-7-8-17-14(10-13)4-3-9-22-17;2*1-4-10-16(11-5-1)19(17-12-6-2-7-13-17)18-14-8-3-9-15-18;1-10-8-17-14-15(18-10)21(20-19-14)9-11-4-5-13-12(7-11)3-2-6-16-13;8-6-4-2-1-3-5(6)7(9)10;;;/h1-11H,12H2;2*1-15H;2-8H,9H2,1H3;1-4,9-10H;2*1H;/q;;;;;;;+2/p-2. The van der Waals surface area contributed by atoms with Crippen LogP contribution >= 0.6 is 34.9 Å². The van der Waals surface area contributed by atoms with E-state index in [0.717, 1.165) is 38.6 Å². The summed E-state index contributed by atoms with van der Waals surface area (Å²) in [6, 6.07) is 96.8. The van der Waals surface area contributed by atoms with Gasteiger partial charge in [0.15, 0.2) is 11.3 Å². The summed E-state index contributed by atoms with van der Waals surface area (Å²) < 4.78 is 30.0. The fourth-order valence-electron chi connectivity index (χ4n) is 10.4. The van der Waals surface area contributed by atoms with Crippen molar-refractivity contribution in [2.75, 3.05) is 0 Å². The number of aryl methyl sites for hydroxylation is 1. The second-order valence-corrected chi connectivity index (χ2v) is 28.5. The Morgan fingerprint density at radius 3 is 1.16 bits per heavy atom. The Balaban J connectivity index is 0.000000127. The van der Waals surface area contributed by atoms with Crippen LogP contribution in [0.3, 0.4) is 0 Å². The number of rotatable bonds is 12. The van der Waals surface area contributed by atoms with Crippen LogP contribution in [0.1, 0.15) is 16.8 Å². The van der Waals surface area contributed by atoms with Crippen molar-refractivity contribution in [1.29, 1.82) is 0 Å². The van der Waals surface area contributed by atoms with Gasteiger partial charge in [0.2, 0.25) is 11.3 Å². The van der Waals surface area contributed by atoms with Crippen LogP contribution in [0.25, 0.3) is 55.7 Å². The van der Waals surface area contributed by atoms with Crippen LogP contribution in [0.4, 0.5) is 8.78 Å². The Morgan fingerprint density at radius 1 is 0.414 bits per heavy atom. The van der Waals surface area contributed by atoms with Crippen molar-refractivity contribution < 1.29 is 34.8 Å². The molecule has 0 amide bonds. The van der Waals surface area contributed by atoms with E-state index in [1.165, 1.54) is 68.4 Å². The molecule has 0 saturated heterocycles. The number of halogens is 4. The molecule has 0 unspecified atom stereocenters. The first-order valence-corrected chi connectivity index (χ1v) is 37.6. The minimum atomic E-state index is -1.72. The third-order valence-corrected chi connectivity index (χ3v) is 19.9. The summed E-state index contributed by atoms with van der Waals surface area (Å²) in [5.41, 5.74) is 7.93. The SMILES string of the molecule is Cc1cnc2nnn(Cc3ccc4ncccc4c3)c2n1.Fc1ccccc1-c1cnc2nnn(Cc3ccc4ncccc4c3)c2n1.OB(O)c1ccccc1F.[Cl][Pd][Cl].c1ccc(P(c2ccccc2)c2ccccc2)cc1.c1ccc(P(c2ccccc2)c2ccccc2)cc1. The molecular formula is C77H61BCl2F2N12O2P2Pd. The first kappa shape index (κ1) is 70.3. The van der Waals surface area contributed by atoms with Gasteiger partial charge in [-0.25, -0.2) is 38.1 Å². The van der Waals surface area contributed by atoms with E-state index in [1.54, 1.807) is 46.2 Å². The van der Waals surface area contributed by atoms with Gasteiger partial charge < -0.3 is 10.0 Å². The van der Waals surface area contributed by atoms with Crippen molar-refractivity contribution in [2.24, 2.45) is 0 Å². The van der Waals surface area contributed by atoms with Crippen LogP contribution in [0.5, 0.6) is 0 Å². The van der Waals surface area contributed by atoms with Crippen molar-refractivity contribution in [3.63, 3.8) is 0 Å². The smallest absolute Gasteiger partial charge is 0.0134 e. The maximum Gasteiger partial charge on any atom is -0.0134 e. The molecule has 10 aromatic carbocycles. The molecule has 6 heterocycles. The van der Waals surface area contributed by atoms with Gasteiger partial charge in [0.25, 0.3) is 0 Å². The normalized spacial score (nSPS) is 10.7. The third kappa shape index (κ3) is 19.2. The van der Waals surface area contributed by atoms with Crippen molar-refractivity contribution >= 4 is 124 Å². The van der Waals surface area contributed by atoms with Gasteiger partial charge in [-0.2, -0.15) is 0 Å².